The number of anilines is 1. The number of benzene rings is 1. The number of piperazine rings is 1. The molecule has 0 unspecified atom stereocenters. The van der Waals surface area contributed by atoms with Crippen LogP contribution in [-0.2, 0) is 4.79 Å². The van der Waals surface area contributed by atoms with E-state index >= 15 is 0 Å². The summed E-state index contributed by atoms with van der Waals surface area (Å²) in [6, 6.07) is 7.71. The van der Waals surface area contributed by atoms with Gasteiger partial charge >= 0.3 is 0 Å². The van der Waals surface area contributed by atoms with E-state index in [-0.39, 0.29) is 5.91 Å². The molecule has 0 bridgehead atoms. The van der Waals surface area contributed by atoms with E-state index in [1.165, 1.54) is 0 Å². The summed E-state index contributed by atoms with van der Waals surface area (Å²) < 4.78 is 5.41. The topological polar surface area (TPSA) is 58.6 Å². The van der Waals surface area contributed by atoms with Crippen LogP contribution in [0.4, 0.5) is 5.82 Å². The first-order chi connectivity index (χ1) is 12.3. The number of nitrogens with zero attached hydrogens (tertiary/aromatic N) is 4. The lowest BCUT2D eigenvalue weighted by Gasteiger charge is -2.34. The van der Waals surface area contributed by atoms with Crippen LogP contribution in [0.3, 0.4) is 0 Å². The molecule has 0 aliphatic carbocycles. The molecule has 1 amide bonds. The minimum absolute atomic E-state index is 0.0349. The van der Waals surface area contributed by atoms with Crippen LogP contribution in [0.2, 0.25) is 0 Å². The van der Waals surface area contributed by atoms with E-state index in [0.29, 0.717) is 19.7 Å². The van der Waals surface area contributed by atoms with Crippen molar-refractivity contribution >= 4 is 17.8 Å². The third kappa shape index (κ3) is 4.56. The molecule has 130 valence electrons. The van der Waals surface area contributed by atoms with Crippen LogP contribution in [0, 0.1) is 0 Å². The van der Waals surface area contributed by atoms with Gasteiger partial charge in [0.15, 0.2) is 0 Å². The number of amides is 1. The fraction of sp³-hybridized carbons (Fsp3) is 0.316. The monoisotopic (exact) mass is 338 g/mol. The van der Waals surface area contributed by atoms with E-state index in [1.807, 2.05) is 42.2 Å². The van der Waals surface area contributed by atoms with Crippen molar-refractivity contribution in [3.63, 3.8) is 0 Å². The van der Waals surface area contributed by atoms with Crippen molar-refractivity contribution in [1.29, 1.82) is 0 Å². The predicted molar refractivity (Wildman–Crippen MR) is 97.5 cm³/mol. The van der Waals surface area contributed by atoms with E-state index in [4.69, 9.17) is 4.74 Å². The summed E-state index contributed by atoms with van der Waals surface area (Å²) in [4.78, 5) is 24.8. The summed E-state index contributed by atoms with van der Waals surface area (Å²) in [5.41, 5.74) is 0.981. The third-order valence-corrected chi connectivity index (χ3v) is 4.07. The second-order valence-corrected chi connectivity index (χ2v) is 5.71. The van der Waals surface area contributed by atoms with Gasteiger partial charge in [-0.25, -0.2) is 4.98 Å². The fourth-order valence-corrected chi connectivity index (χ4v) is 2.73. The zero-order valence-corrected chi connectivity index (χ0v) is 14.3. The molecule has 25 heavy (non-hydrogen) atoms. The van der Waals surface area contributed by atoms with E-state index in [2.05, 4.69) is 14.9 Å². The highest BCUT2D eigenvalue weighted by atomic mass is 16.5. The van der Waals surface area contributed by atoms with E-state index < -0.39 is 0 Å². The molecule has 2 aromatic rings. The van der Waals surface area contributed by atoms with Gasteiger partial charge in [-0.2, -0.15) is 0 Å². The van der Waals surface area contributed by atoms with Gasteiger partial charge in [0.25, 0.3) is 0 Å². The Morgan fingerprint density at radius 1 is 1.16 bits per heavy atom. The van der Waals surface area contributed by atoms with Gasteiger partial charge in [0.2, 0.25) is 5.91 Å². The summed E-state index contributed by atoms with van der Waals surface area (Å²) in [6.45, 7) is 5.50. The van der Waals surface area contributed by atoms with Gasteiger partial charge in [0.1, 0.15) is 11.6 Å². The maximum atomic E-state index is 12.4. The van der Waals surface area contributed by atoms with Crippen LogP contribution >= 0.6 is 0 Å². The number of hydrogen-bond donors (Lipinski definition) is 0. The van der Waals surface area contributed by atoms with Gasteiger partial charge in [-0.15, -0.1) is 0 Å². The molecule has 1 aliphatic rings. The number of ether oxygens (including phenoxy) is 1. The Balaban J connectivity index is 1.52. The molecule has 1 saturated heterocycles. The molecule has 0 saturated carbocycles. The first-order valence-electron chi connectivity index (χ1n) is 8.47. The number of hydrogen-bond acceptors (Lipinski definition) is 5. The standard InChI is InChI=1S/C19H22N4O2/c1-2-25-17-6-3-16(4-7-17)5-8-19(24)23-13-11-22(12-14-23)18-15-20-9-10-21-18/h3-10,15H,2,11-14H2,1H3/b8-5+. The number of rotatable bonds is 5. The molecule has 0 atom stereocenters. The quantitative estimate of drug-likeness (QED) is 0.783. The maximum Gasteiger partial charge on any atom is 0.246 e. The molecule has 0 spiro atoms. The Morgan fingerprint density at radius 3 is 2.56 bits per heavy atom. The highest BCUT2D eigenvalue weighted by Gasteiger charge is 2.20. The van der Waals surface area contributed by atoms with Crippen LogP contribution in [0.15, 0.2) is 48.9 Å². The summed E-state index contributed by atoms with van der Waals surface area (Å²) in [7, 11) is 0. The number of aromatic nitrogens is 2. The molecule has 2 heterocycles. The van der Waals surface area contributed by atoms with Crippen molar-refractivity contribution in [2.24, 2.45) is 0 Å². The summed E-state index contributed by atoms with van der Waals surface area (Å²) in [5, 5.41) is 0. The van der Waals surface area contributed by atoms with Crippen molar-refractivity contribution in [3.8, 4) is 5.75 Å². The van der Waals surface area contributed by atoms with Gasteiger partial charge in [0.05, 0.1) is 12.8 Å². The average Bonchev–Trinajstić information content (AvgIpc) is 2.68. The minimum atomic E-state index is 0.0349. The Kier molecular flexibility index (Phi) is 5.61. The fourth-order valence-electron chi connectivity index (χ4n) is 2.73. The van der Waals surface area contributed by atoms with Crippen molar-refractivity contribution in [3.05, 3.63) is 54.5 Å². The molecular formula is C19H22N4O2. The molecule has 1 fully saturated rings. The Hall–Kier alpha value is -2.89. The smallest absolute Gasteiger partial charge is 0.246 e. The third-order valence-electron chi connectivity index (χ3n) is 4.07. The van der Waals surface area contributed by atoms with Gasteiger partial charge in [-0.3, -0.25) is 9.78 Å². The zero-order chi connectivity index (χ0) is 17.5. The number of carbonyl (C=O) groups excluding carboxylic acids is 1. The predicted octanol–water partition coefficient (Wildman–Crippen LogP) is 2.24. The molecule has 1 aliphatic heterocycles. The molecule has 6 nitrogen and oxygen atoms in total. The molecule has 1 aromatic carbocycles. The SMILES string of the molecule is CCOc1ccc(/C=C/C(=O)N2CCN(c3cnccn3)CC2)cc1. The summed E-state index contributed by atoms with van der Waals surface area (Å²) in [6.07, 6.45) is 8.57. The van der Waals surface area contributed by atoms with Crippen molar-refractivity contribution in [2.75, 3.05) is 37.7 Å². The van der Waals surface area contributed by atoms with Crippen LogP contribution in [0.1, 0.15) is 12.5 Å². The van der Waals surface area contributed by atoms with Crippen LogP contribution in [-0.4, -0.2) is 53.6 Å². The lowest BCUT2D eigenvalue weighted by atomic mass is 10.2. The normalized spacial score (nSPS) is 14.8. The van der Waals surface area contributed by atoms with Crippen LogP contribution in [0.5, 0.6) is 5.75 Å². The van der Waals surface area contributed by atoms with Crippen LogP contribution < -0.4 is 9.64 Å². The zero-order valence-electron chi connectivity index (χ0n) is 14.3. The van der Waals surface area contributed by atoms with E-state index in [0.717, 1.165) is 30.2 Å². The molecule has 1 aromatic heterocycles. The summed E-state index contributed by atoms with van der Waals surface area (Å²) >= 11 is 0. The maximum absolute atomic E-state index is 12.4. The largest absolute Gasteiger partial charge is 0.494 e. The highest BCUT2D eigenvalue weighted by Crippen LogP contribution is 2.14. The molecule has 6 heteroatoms. The Labute approximate surface area is 147 Å². The van der Waals surface area contributed by atoms with Gasteiger partial charge in [0, 0.05) is 44.6 Å². The van der Waals surface area contributed by atoms with Gasteiger partial charge in [-0.1, -0.05) is 12.1 Å². The Morgan fingerprint density at radius 2 is 1.92 bits per heavy atom. The minimum Gasteiger partial charge on any atom is -0.494 e. The molecular weight excluding hydrogens is 316 g/mol. The second-order valence-electron chi connectivity index (χ2n) is 5.71. The van der Waals surface area contributed by atoms with Crippen molar-refractivity contribution in [1.82, 2.24) is 14.9 Å². The lowest BCUT2D eigenvalue weighted by Crippen LogP contribution is -2.48. The van der Waals surface area contributed by atoms with Crippen molar-refractivity contribution in [2.45, 2.75) is 6.92 Å². The lowest BCUT2D eigenvalue weighted by molar-refractivity contribution is -0.126. The molecule has 0 radical (unpaired) electrons. The van der Waals surface area contributed by atoms with Gasteiger partial charge in [-0.05, 0) is 30.7 Å². The highest BCUT2D eigenvalue weighted by molar-refractivity contribution is 5.92. The van der Waals surface area contributed by atoms with E-state index in [1.54, 1.807) is 24.7 Å². The van der Waals surface area contributed by atoms with Crippen LogP contribution in [0.25, 0.3) is 6.08 Å². The van der Waals surface area contributed by atoms with Gasteiger partial charge < -0.3 is 14.5 Å². The molecule has 0 N–H and O–H groups in total. The molecule has 3 rings (SSSR count). The first kappa shape index (κ1) is 17.0. The number of carbonyl (C=O) groups is 1. The average molecular weight is 338 g/mol. The first-order valence-corrected chi connectivity index (χ1v) is 8.47. The summed E-state index contributed by atoms with van der Waals surface area (Å²) in [5.74, 6) is 1.73. The van der Waals surface area contributed by atoms with E-state index in [9.17, 15) is 4.79 Å². The second kappa shape index (κ2) is 8.28. The van der Waals surface area contributed by atoms with Crippen molar-refractivity contribution < 1.29 is 9.53 Å². The Bertz CT molecular complexity index is 708.